The molecule has 150 valence electrons. The Bertz CT molecular complexity index is 907. The van der Waals surface area contributed by atoms with E-state index in [1.165, 1.54) is 0 Å². The molecule has 3 N–H and O–H groups in total. The topological polar surface area (TPSA) is 79.0 Å². The summed E-state index contributed by atoms with van der Waals surface area (Å²) in [6.45, 7) is 5.08. The summed E-state index contributed by atoms with van der Waals surface area (Å²) >= 11 is 0. The van der Waals surface area contributed by atoms with E-state index >= 15 is 0 Å². The number of aliphatic imine (C=N–C) groups is 1. The van der Waals surface area contributed by atoms with Crippen LogP contribution in [0.2, 0.25) is 0 Å². The predicted molar refractivity (Wildman–Crippen MR) is 123 cm³/mol. The van der Waals surface area contributed by atoms with Gasteiger partial charge in [-0.15, -0.1) is 24.0 Å². The molecule has 0 saturated carbocycles. The molecule has 28 heavy (non-hydrogen) atoms. The molecule has 0 amide bonds. The van der Waals surface area contributed by atoms with Gasteiger partial charge in [-0.1, -0.05) is 18.2 Å². The van der Waals surface area contributed by atoms with Crippen molar-refractivity contribution >= 4 is 40.9 Å². The Balaban J connectivity index is 0.00000280. The Kier molecular flexibility index (Phi) is 7.98. The smallest absolute Gasteiger partial charge is 0.192 e. The minimum Gasteiger partial charge on any atom is -0.508 e. The van der Waals surface area contributed by atoms with E-state index in [0.29, 0.717) is 23.8 Å². The van der Waals surface area contributed by atoms with Crippen LogP contribution in [0.25, 0.3) is 11.0 Å². The van der Waals surface area contributed by atoms with Crippen molar-refractivity contribution in [2.75, 3.05) is 13.7 Å². The van der Waals surface area contributed by atoms with Crippen molar-refractivity contribution in [2.24, 2.45) is 4.99 Å². The third kappa shape index (κ3) is 5.31. The fourth-order valence-electron chi connectivity index (χ4n) is 2.79. The number of nitrogens with zero attached hydrogens (tertiary/aromatic N) is 1. The van der Waals surface area contributed by atoms with E-state index in [9.17, 15) is 5.11 Å². The summed E-state index contributed by atoms with van der Waals surface area (Å²) in [6.07, 6.45) is 0. The Hall–Kier alpha value is -2.42. The number of benzene rings is 2. The van der Waals surface area contributed by atoms with E-state index in [4.69, 9.17) is 9.15 Å². The SMILES string of the molecule is CCNC(=NCc1cc(OC)ccc1O)NC(C)c1cc2ccccc2o1.I. The van der Waals surface area contributed by atoms with Gasteiger partial charge in [0.2, 0.25) is 0 Å². The molecular weight excluding hydrogens is 469 g/mol. The average molecular weight is 495 g/mol. The van der Waals surface area contributed by atoms with Gasteiger partial charge in [0.05, 0.1) is 19.7 Å². The summed E-state index contributed by atoms with van der Waals surface area (Å²) in [4.78, 5) is 4.58. The van der Waals surface area contributed by atoms with Crippen LogP contribution in [0, 0.1) is 0 Å². The first-order valence-electron chi connectivity index (χ1n) is 9.00. The molecule has 0 saturated heterocycles. The standard InChI is InChI=1S/C21H25N3O3.HI/c1-4-22-21(23-13-16-11-17(26-3)9-10-18(16)25)24-14(2)20-12-15-7-5-6-8-19(15)27-20;/h5-12,14,25H,4,13H2,1-3H3,(H2,22,23,24);1H. The third-order valence-electron chi connectivity index (χ3n) is 4.26. The number of ether oxygens (including phenoxy) is 1. The molecule has 1 aromatic heterocycles. The van der Waals surface area contributed by atoms with Gasteiger partial charge in [0.25, 0.3) is 0 Å². The number of para-hydroxylation sites is 1. The van der Waals surface area contributed by atoms with Crippen LogP contribution in [0.5, 0.6) is 11.5 Å². The van der Waals surface area contributed by atoms with Crippen molar-refractivity contribution < 1.29 is 14.3 Å². The zero-order valence-electron chi connectivity index (χ0n) is 16.2. The minimum atomic E-state index is -0.0610. The highest BCUT2D eigenvalue weighted by atomic mass is 127. The second-order valence-electron chi connectivity index (χ2n) is 6.24. The fraction of sp³-hybridized carbons (Fsp3) is 0.286. The lowest BCUT2D eigenvalue weighted by molar-refractivity contribution is 0.411. The molecule has 1 atom stereocenters. The van der Waals surface area contributed by atoms with Crippen LogP contribution in [-0.2, 0) is 6.54 Å². The molecule has 0 aliphatic rings. The van der Waals surface area contributed by atoms with E-state index in [1.807, 2.05) is 44.2 Å². The monoisotopic (exact) mass is 495 g/mol. The maximum absolute atomic E-state index is 10.0. The van der Waals surface area contributed by atoms with Crippen LogP contribution >= 0.6 is 24.0 Å². The summed E-state index contributed by atoms with van der Waals surface area (Å²) in [5.74, 6) is 2.37. The third-order valence-corrected chi connectivity index (χ3v) is 4.26. The lowest BCUT2D eigenvalue weighted by Gasteiger charge is -2.16. The number of methoxy groups -OCH3 is 1. The van der Waals surface area contributed by atoms with Gasteiger partial charge in [0.1, 0.15) is 22.8 Å². The highest BCUT2D eigenvalue weighted by molar-refractivity contribution is 14.0. The molecule has 1 unspecified atom stereocenters. The Morgan fingerprint density at radius 3 is 2.71 bits per heavy atom. The molecule has 3 rings (SSSR count). The second-order valence-corrected chi connectivity index (χ2v) is 6.24. The molecule has 0 fully saturated rings. The number of halogens is 1. The quantitative estimate of drug-likeness (QED) is 0.265. The first-order valence-corrected chi connectivity index (χ1v) is 9.00. The molecular formula is C21H26IN3O3. The number of hydrogen-bond donors (Lipinski definition) is 3. The Morgan fingerprint density at radius 2 is 2.00 bits per heavy atom. The highest BCUT2D eigenvalue weighted by Crippen LogP contribution is 2.25. The van der Waals surface area contributed by atoms with Crippen LogP contribution < -0.4 is 15.4 Å². The minimum absolute atomic E-state index is 0. The largest absolute Gasteiger partial charge is 0.508 e. The van der Waals surface area contributed by atoms with Crippen molar-refractivity contribution in [3.05, 3.63) is 59.9 Å². The van der Waals surface area contributed by atoms with Gasteiger partial charge in [-0.05, 0) is 44.2 Å². The number of furan rings is 1. The van der Waals surface area contributed by atoms with Crippen molar-refractivity contribution in [1.82, 2.24) is 10.6 Å². The Labute approximate surface area is 182 Å². The molecule has 2 aromatic carbocycles. The predicted octanol–water partition coefficient (Wildman–Crippen LogP) is 4.58. The summed E-state index contributed by atoms with van der Waals surface area (Å²) in [5.41, 5.74) is 1.56. The summed E-state index contributed by atoms with van der Waals surface area (Å²) < 4.78 is 11.1. The summed E-state index contributed by atoms with van der Waals surface area (Å²) in [5, 5.41) is 17.7. The molecule has 0 bridgehead atoms. The van der Waals surface area contributed by atoms with E-state index < -0.39 is 0 Å². The van der Waals surface area contributed by atoms with Crippen LogP contribution in [0.15, 0.2) is 57.9 Å². The first-order chi connectivity index (χ1) is 13.1. The van der Waals surface area contributed by atoms with E-state index in [0.717, 1.165) is 23.3 Å². The van der Waals surface area contributed by atoms with Crippen LogP contribution in [0.4, 0.5) is 0 Å². The molecule has 1 heterocycles. The number of phenols is 1. The second kappa shape index (κ2) is 10.2. The van der Waals surface area contributed by atoms with Gasteiger partial charge in [-0.3, -0.25) is 0 Å². The van der Waals surface area contributed by atoms with Crippen molar-refractivity contribution in [3.8, 4) is 11.5 Å². The summed E-state index contributed by atoms with van der Waals surface area (Å²) in [7, 11) is 1.60. The lowest BCUT2D eigenvalue weighted by atomic mass is 10.2. The number of phenolic OH excluding ortho intramolecular Hbond substituents is 1. The average Bonchev–Trinajstić information content (AvgIpc) is 3.11. The van der Waals surface area contributed by atoms with Crippen molar-refractivity contribution in [2.45, 2.75) is 26.4 Å². The van der Waals surface area contributed by atoms with Crippen molar-refractivity contribution in [1.29, 1.82) is 0 Å². The van der Waals surface area contributed by atoms with Gasteiger partial charge in [0, 0.05) is 17.5 Å². The van der Waals surface area contributed by atoms with Crippen molar-refractivity contribution in [3.63, 3.8) is 0 Å². The van der Waals surface area contributed by atoms with Crippen LogP contribution in [0.3, 0.4) is 0 Å². The van der Waals surface area contributed by atoms with Gasteiger partial charge >= 0.3 is 0 Å². The zero-order chi connectivity index (χ0) is 19.2. The number of guanidine groups is 1. The number of nitrogens with one attached hydrogen (secondary N) is 2. The van der Waals surface area contributed by atoms with Gasteiger partial charge in [-0.2, -0.15) is 0 Å². The van der Waals surface area contributed by atoms with E-state index in [2.05, 4.69) is 15.6 Å². The molecule has 3 aromatic rings. The van der Waals surface area contributed by atoms with Crippen LogP contribution in [0.1, 0.15) is 31.2 Å². The zero-order valence-corrected chi connectivity index (χ0v) is 18.6. The summed E-state index contributed by atoms with van der Waals surface area (Å²) in [6, 6.07) is 15.0. The molecule has 0 aliphatic heterocycles. The Morgan fingerprint density at radius 1 is 1.21 bits per heavy atom. The van der Waals surface area contributed by atoms with Gasteiger partial charge in [-0.25, -0.2) is 4.99 Å². The number of fused-ring (bicyclic) bond motifs is 1. The number of rotatable bonds is 6. The first kappa shape index (κ1) is 21.9. The molecule has 0 aliphatic carbocycles. The number of hydrogen-bond acceptors (Lipinski definition) is 4. The maximum Gasteiger partial charge on any atom is 0.192 e. The van der Waals surface area contributed by atoms with E-state index in [1.54, 1.807) is 25.3 Å². The molecule has 7 heteroatoms. The molecule has 0 spiro atoms. The molecule has 6 nitrogen and oxygen atoms in total. The normalized spacial score (nSPS) is 12.3. The van der Waals surface area contributed by atoms with E-state index in [-0.39, 0.29) is 35.8 Å². The van der Waals surface area contributed by atoms with Gasteiger partial charge < -0.3 is 24.9 Å². The number of aromatic hydroxyl groups is 1. The fourth-order valence-corrected chi connectivity index (χ4v) is 2.79. The molecule has 0 radical (unpaired) electrons. The lowest BCUT2D eigenvalue weighted by Crippen LogP contribution is -2.38. The van der Waals surface area contributed by atoms with Crippen LogP contribution in [-0.4, -0.2) is 24.7 Å². The maximum atomic E-state index is 10.0. The highest BCUT2D eigenvalue weighted by Gasteiger charge is 2.13. The van der Waals surface area contributed by atoms with Gasteiger partial charge in [0.15, 0.2) is 5.96 Å².